The van der Waals surface area contributed by atoms with Crippen molar-refractivity contribution in [3.05, 3.63) is 18.3 Å². The highest BCUT2D eigenvalue weighted by atomic mass is 16.5. The molecule has 1 aliphatic rings. The Morgan fingerprint density at radius 1 is 1.62 bits per heavy atom. The topological polar surface area (TPSA) is 48.1 Å². The Kier molecular flexibility index (Phi) is 2.08. The number of nitrogen functional groups attached to an aromatic ring is 1. The first kappa shape index (κ1) is 8.35. The summed E-state index contributed by atoms with van der Waals surface area (Å²) in [7, 11) is 0. The Morgan fingerprint density at radius 2 is 2.38 bits per heavy atom. The largest absolute Gasteiger partial charge is 0.490 e. The fourth-order valence-corrected chi connectivity index (χ4v) is 1.38. The van der Waals surface area contributed by atoms with E-state index in [1.165, 1.54) is 12.8 Å². The molecule has 1 heterocycles. The van der Waals surface area contributed by atoms with E-state index >= 15 is 0 Å². The Bertz CT molecular complexity index is 297. The molecule has 1 unspecified atom stereocenters. The van der Waals surface area contributed by atoms with E-state index in [2.05, 4.69) is 11.9 Å². The number of nitrogens with two attached hydrogens (primary N) is 1. The van der Waals surface area contributed by atoms with Gasteiger partial charge in [0.15, 0.2) is 0 Å². The minimum Gasteiger partial charge on any atom is -0.490 e. The van der Waals surface area contributed by atoms with Crippen LogP contribution >= 0.6 is 0 Å². The molecule has 0 saturated heterocycles. The van der Waals surface area contributed by atoms with Crippen molar-refractivity contribution < 1.29 is 4.74 Å². The highest BCUT2D eigenvalue weighted by Gasteiger charge is 2.29. The molecule has 2 N–H and O–H groups in total. The van der Waals surface area contributed by atoms with Gasteiger partial charge in [-0.05, 0) is 31.7 Å². The lowest BCUT2D eigenvalue weighted by Crippen LogP contribution is -2.13. The second kappa shape index (κ2) is 3.24. The lowest BCUT2D eigenvalue weighted by Gasteiger charge is -2.13. The Morgan fingerprint density at radius 3 is 3.00 bits per heavy atom. The summed E-state index contributed by atoms with van der Waals surface area (Å²) in [4.78, 5) is 3.91. The van der Waals surface area contributed by atoms with Crippen molar-refractivity contribution in [2.24, 2.45) is 5.92 Å². The molecule has 0 spiro atoms. The summed E-state index contributed by atoms with van der Waals surface area (Å²) >= 11 is 0. The molecule has 1 aromatic heterocycles. The summed E-state index contributed by atoms with van der Waals surface area (Å²) in [5, 5.41) is 0. The molecule has 1 fully saturated rings. The Hall–Kier alpha value is -1.25. The van der Waals surface area contributed by atoms with Crippen LogP contribution in [0.25, 0.3) is 0 Å². The number of hydrogen-bond donors (Lipinski definition) is 1. The van der Waals surface area contributed by atoms with Gasteiger partial charge in [-0.25, -0.2) is 4.98 Å². The van der Waals surface area contributed by atoms with E-state index in [1.54, 1.807) is 12.3 Å². The number of ether oxygens (including phenoxy) is 1. The van der Waals surface area contributed by atoms with Crippen LogP contribution in [0.4, 0.5) is 5.82 Å². The molecule has 0 amide bonds. The van der Waals surface area contributed by atoms with Crippen molar-refractivity contribution in [3.8, 4) is 5.75 Å². The molecular formula is C10H14N2O. The highest BCUT2D eigenvalue weighted by Crippen LogP contribution is 2.34. The molecule has 0 bridgehead atoms. The summed E-state index contributed by atoms with van der Waals surface area (Å²) in [6.07, 6.45) is 4.56. The Labute approximate surface area is 77.9 Å². The Balaban J connectivity index is 2.00. The molecule has 3 heteroatoms. The first-order valence-electron chi connectivity index (χ1n) is 4.64. The van der Waals surface area contributed by atoms with Gasteiger partial charge < -0.3 is 10.5 Å². The first-order chi connectivity index (χ1) is 6.25. The zero-order chi connectivity index (χ0) is 9.26. The minimum absolute atomic E-state index is 0.307. The molecule has 0 radical (unpaired) electrons. The fraction of sp³-hybridized carbons (Fsp3) is 0.500. The lowest BCUT2D eigenvalue weighted by molar-refractivity contribution is 0.198. The average Bonchev–Trinajstić information content (AvgIpc) is 2.85. The third kappa shape index (κ3) is 2.11. The molecule has 13 heavy (non-hydrogen) atoms. The summed E-state index contributed by atoms with van der Waals surface area (Å²) in [6, 6.07) is 3.61. The number of rotatable bonds is 3. The van der Waals surface area contributed by atoms with Gasteiger partial charge in [0, 0.05) is 12.3 Å². The molecular weight excluding hydrogens is 164 g/mol. The van der Waals surface area contributed by atoms with E-state index in [0.29, 0.717) is 11.9 Å². The summed E-state index contributed by atoms with van der Waals surface area (Å²) in [5.74, 6) is 2.08. The second-order valence-corrected chi connectivity index (χ2v) is 3.58. The lowest BCUT2D eigenvalue weighted by atomic mass is 10.2. The van der Waals surface area contributed by atoms with Gasteiger partial charge in [0.2, 0.25) is 0 Å². The number of aromatic nitrogens is 1. The van der Waals surface area contributed by atoms with E-state index in [9.17, 15) is 0 Å². The minimum atomic E-state index is 0.307. The van der Waals surface area contributed by atoms with E-state index < -0.39 is 0 Å². The van der Waals surface area contributed by atoms with Crippen LogP contribution in [0.1, 0.15) is 19.8 Å². The van der Waals surface area contributed by atoms with Crippen LogP contribution in [0.15, 0.2) is 18.3 Å². The van der Waals surface area contributed by atoms with Gasteiger partial charge in [0.25, 0.3) is 0 Å². The van der Waals surface area contributed by atoms with Crippen LogP contribution in [0, 0.1) is 5.92 Å². The molecule has 3 nitrogen and oxygen atoms in total. The van der Waals surface area contributed by atoms with Crippen molar-refractivity contribution in [1.82, 2.24) is 4.98 Å². The maximum Gasteiger partial charge on any atom is 0.126 e. The molecule has 70 valence electrons. The van der Waals surface area contributed by atoms with Crippen molar-refractivity contribution in [2.45, 2.75) is 25.9 Å². The van der Waals surface area contributed by atoms with Gasteiger partial charge in [-0.2, -0.15) is 0 Å². The van der Waals surface area contributed by atoms with Crippen LogP contribution in [0.2, 0.25) is 0 Å². The van der Waals surface area contributed by atoms with Crippen LogP contribution < -0.4 is 10.5 Å². The zero-order valence-electron chi connectivity index (χ0n) is 7.73. The smallest absolute Gasteiger partial charge is 0.126 e. The average molecular weight is 178 g/mol. The third-order valence-corrected chi connectivity index (χ3v) is 2.36. The number of nitrogens with zero attached hydrogens (tertiary/aromatic N) is 1. The second-order valence-electron chi connectivity index (χ2n) is 3.58. The predicted octanol–water partition coefficient (Wildman–Crippen LogP) is 1.84. The predicted molar refractivity (Wildman–Crippen MR) is 51.5 cm³/mol. The number of anilines is 1. The van der Waals surface area contributed by atoms with Crippen LogP contribution in [-0.4, -0.2) is 11.1 Å². The van der Waals surface area contributed by atoms with Gasteiger partial charge in [-0.15, -0.1) is 0 Å². The SMILES string of the molecule is CC(Oc1ccnc(N)c1)C1CC1. The summed E-state index contributed by atoms with van der Waals surface area (Å²) in [6.45, 7) is 2.11. The third-order valence-electron chi connectivity index (χ3n) is 2.36. The molecule has 1 aliphatic carbocycles. The normalized spacial score (nSPS) is 18.2. The standard InChI is InChI=1S/C10H14N2O/c1-7(8-2-3-8)13-9-4-5-12-10(11)6-9/h4-8H,2-3H2,1H3,(H2,11,12). The van der Waals surface area contributed by atoms with E-state index in [1.807, 2.05) is 6.07 Å². The quantitative estimate of drug-likeness (QED) is 0.768. The number of pyridine rings is 1. The van der Waals surface area contributed by atoms with Gasteiger partial charge in [-0.3, -0.25) is 0 Å². The van der Waals surface area contributed by atoms with Crippen molar-refractivity contribution >= 4 is 5.82 Å². The van der Waals surface area contributed by atoms with Crippen molar-refractivity contribution in [2.75, 3.05) is 5.73 Å². The van der Waals surface area contributed by atoms with Gasteiger partial charge in [0.1, 0.15) is 11.6 Å². The maximum absolute atomic E-state index is 5.70. The van der Waals surface area contributed by atoms with Crippen molar-refractivity contribution in [1.29, 1.82) is 0 Å². The molecule has 0 aliphatic heterocycles. The first-order valence-corrected chi connectivity index (χ1v) is 4.64. The molecule has 2 rings (SSSR count). The van der Waals surface area contributed by atoms with Crippen molar-refractivity contribution in [3.63, 3.8) is 0 Å². The zero-order valence-corrected chi connectivity index (χ0v) is 7.73. The monoisotopic (exact) mass is 178 g/mol. The van der Waals surface area contributed by atoms with Crippen LogP contribution in [0.3, 0.4) is 0 Å². The maximum atomic E-state index is 5.70. The molecule has 1 saturated carbocycles. The van der Waals surface area contributed by atoms with Gasteiger partial charge in [0.05, 0.1) is 6.10 Å². The molecule has 1 atom stereocenters. The fourth-order valence-electron chi connectivity index (χ4n) is 1.38. The van der Waals surface area contributed by atoms with E-state index in [4.69, 9.17) is 10.5 Å². The van der Waals surface area contributed by atoms with E-state index in [0.717, 1.165) is 11.7 Å². The van der Waals surface area contributed by atoms with Gasteiger partial charge in [-0.1, -0.05) is 0 Å². The highest BCUT2D eigenvalue weighted by molar-refractivity contribution is 5.35. The van der Waals surface area contributed by atoms with Crippen LogP contribution in [-0.2, 0) is 0 Å². The molecule has 0 aromatic carbocycles. The van der Waals surface area contributed by atoms with E-state index in [-0.39, 0.29) is 0 Å². The van der Waals surface area contributed by atoms with Crippen LogP contribution in [0.5, 0.6) is 5.75 Å². The summed E-state index contributed by atoms with van der Waals surface area (Å²) in [5.41, 5.74) is 5.53. The van der Waals surface area contributed by atoms with Gasteiger partial charge >= 0.3 is 0 Å². The number of hydrogen-bond acceptors (Lipinski definition) is 3. The summed E-state index contributed by atoms with van der Waals surface area (Å²) < 4.78 is 5.70. The molecule has 1 aromatic rings.